The summed E-state index contributed by atoms with van der Waals surface area (Å²) in [6.07, 6.45) is 1.14. The molecule has 0 bridgehead atoms. The van der Waals surface area contributed by atoms with E-state index < -0.39 is 11.2 Å². The van der Waals surface area contributed by atoms with Crippen molar-refractivity contribution in [3.8, 4) is 40.1 Å². The topological polar surface area (TPSA) is 130 Å². The van der Waals surface area contributed by atoms with E-state index in [9.17, 15) is 25.2 Å². The molecule has 2 aromatic carbocycles. The number of aromatic hydroxyl groups is 3. The number of aliphatic hydroxyl groups excluding tert-OH is 1. The van der Waals surface area contributed by atoms with E-state index in [4.69, 9.17) is 13.9 Å². The Morgan fingerprint density at radius 2 is 1.73 bits per heavy atom. The molecule has 8 heteroatoms. The van der Waals surface area contributed by atoms with Crippen molar-refractivity contribution in [1.82, 2.24) is 0 Å². The number of benzene rings is 2. The van der Waals surface area contributed by atoms with Crippen LogP contribution in [-0.4, -0.2) is 41.3 Å². The number of aryl methyl sites for hydroxylation is 1. The molecule has 1 atom stereocenters. The molecule has 8 nitrogen and oxygen atoms in total. The highest BCUT2D eigenvalue weighted by molar-refractivity contribution is 5.91. The minimum Gasteiger partial charge on any atom is -0.508 e. The van der Waals surface area contributed by atoms with E-state index in [1.807, 2.05) is 6.92 Å². The molecule has 1 aromatic heterocycles. The third kappa shape index (κ3) is 3.73. The van der Waals surface area contributed by atoms with Crippen molar-refractivity contribution >= 4 is 11.0 Å². The summed E-state index contributed by atoms with van der Waals surface area (Å²) >= 11 is 0. The molecule has 30 heavy (non-hydrogen) atoms. The lowest BCUT2D eigenvalue weighted by molar-refractivity contribution is 0.230. The molecule has 0 fully saturated rings. The Hall–Kier alpha value is -3.39. The molecule has 0 saturated carbocycles. The van der Waals surface area contributed by atoms with Crippen LogP contribution in [0.5, 0.6) is 28.7 Å². The highest BCUT2D eigenvalue weighted by Crippen LogP contribution is 2.44. The fourth-order valence-corrected chi connectivity index (χ4v) is 3.29. The lowest BCUT2D eigenvalue weighted by Crippen LogP contribution is -2.06. The summed E-state index contributed by atoms with van der Waals surface area (Å²) in [4.78, 5) is 12.9. The van der Waals surface area contributed by atoms with E-state index in [1.165, 1.54) is 32.4 Å². The summed E-state index contributed by atoms with van der Waals surface area (Å²) in [5.41, 5.74) is 0.228. The molecule has 0 radical (unpaired) electrons. The number of hydrogen-bond acceptors (Lipinski definition) is 8. The van der Waals surface area contributed by atoms with Gasteiger partial charge in [-0.05, 0) is 42.5 Å². The highest BCUT2D eigenvalue weighted by Gasteiger charge is 2.24. The maximum atomic E-state index is 12.9. The minimum absolute atomic E-state index is 0.00600. The number of hydrogen-bond donors (Lipinski definition) is 4. The van der Waals surface area contributed by atoms with Gasteiger partial charge in [0, 0.05) is 18.2 Å². The molecule has 0 aliphatic rings. The van der Waals surface area contributed by atoms with Crippen LogP contribution in [0, 0.1) is 5.92 Å². The monoisotopic (exact) mass is 416 g/mol. The Balaban J connectivity index is 2.18. The number of aliphatic hydroxyl groups is 1. The van der Waals surface area contributed by atoms with E-state index in [2.05, 4.69) is 0 Å². The first kappa shape index (κ1) is 21.3. The van der Waals surface area contributed by atoms with Crippen molar-refractivity contribution in [3.63, 3.8) is 0 Å². The maximum absolute atomic E-state index is 12.9. The van der Waals surface area contributed by atoms with Crippen LogP contribution in [0.15, 0.2) is 33.5 Å². The molecule has 0 unspecified atom stereocenters. The van der Waals surface area contributed by atoms with E-state index in [0.29, 0.717) is 24.0 Å². The highest BCUT2D eigenvalue weighted by atomic mass is 16.5. The lowest BCUT2D eigenvalue weighted by atomic mass is 9.98. The smallest absolute Gasteiger partial charge is 0.238 e. The number of fused-ring (bicyclic) bond motifs is 1. The Morgan fingerprint density at radius 3 is 2.37 bits per heavy atom. The first-order valence-corrected chi connectivity index (χ1v) is 9.39. The van der Waals surface area contributed by atoms with Gasteiger partial charge in [0.25, 0.3) is 0 Å². The maximum Gasteiger partial charge on any atom is 0.238 e. The van der Waals surface area contributed by atoms with Crippen LogP contribution in [-0.2, 0) is 6.42 Å². The summed E-state index contributed by atoms with van der Waals surface area (Å²) in [6, 6.07) is 5.79. The predicted molar refractivity (Wildman–Crippen MR) is 111 cm³/mol. The van der Waals surface area contributed by atoms with Gasteiger partial charge in [-0.15, -0.1) is 0 Å². The van der Waals surface area contributed by atoms with Crippen LogP contribution in [0.25, 0.3) is 22.3 Å². The van der Waals surface area contributed by atoms with Crippen molar-refractivity contribution in [3.05, 3.63) is 40.1 Å². The average molecular weight is 416 g/mol. The van der Waals surface area contributed by atoms with Crippen LogP contribution in [0.4, 0.5) is 0 Å². The van der Waals surface area contributed by atoms with Gasteiger partial charge in [0.1, 0.15) is 16.7 Å². The molecular formula is C22H24O8. The van der Waals surface area contributed by atoms with Crippen molar-refractivity contribution in [1.29, 1.82) is 0 Å². The van der Waals surface area contributed by atoms with Gasteiger partial charge in [-0.3, -0.25) is 4.79 Å². The summed E-state index contributed by atoms with van der Waals surface area (Å²) in [6.45, 7) is 1.93. The van der Waals surface area contributed by atoms with Gasteiger partial charge in [-0.25, -0.2) is 0 Å². The van der Waals surface area contributed by atoms with Crippen molar-refractivity contribution in [2.45, 2.75) is 19.8 Å². The first-order valence-electron chi connectivity index (χ1n) is 9.39. The molecule has 0 amide bonds. The number of phenolic OH excluding ortho intramolecular Hbond substituents is 2. The zero-order valence-electron chi connectivity index (χ0n) is 16.9. The third-order valence-corrected chi connectivity index (χ3v) is 5.02. The van der Waals surface area contributed by atoms with E-state index >= 15 is 0 Å². The fraction of sp³-hybridized carbons (Fsp3) is 0.318. The van der Waals surface area contributed by atoms with Gasteiger partial charge in [-0.1, -0.05) is 6.92 Å². The van der Waals surface area contributed by atoms with Crippen LogP contribution in [0.3, 0.4) is 0 Å². The SMILES string of the molecule is COc1c(O)cc2oc(-c3ccc(O)c(CC[C@H](C)CO)c3)c(O)c(=O)c2c1OC. The van der Waals surface area contributed by atoms with Gasteiger partial charge >= 0.3 is 0 Å². The molecule has 0 aliphatic carbocycles. The Labute approximate surface area is 172 Å². The molecule has 4 N–H and O–H groups in total. The Morgan fingerprint density at radius 1 is 1.03 bits per heavy atom. The molecule has 160 valence electrons. The van der Waals surface area contributed by atoms with Crippen molar-refractivity contribution in [2.24, 2.45) is 5.92 Å². The molecule has 0 spiro atoms. The Kier molecular flexibility index (Phi) is 6.07. The summed E-state index contributed by atoms with van der Waals surface area (Å²) in [7, 11) is 2.62. The average Bonchev–Trinajstić information content (AvgIpc) is 2.74. The largest absolute Gasteiger partial charge is 0.508 e. The van der Waals surface area contributed by atoms with Gasteiger partial charge < -0.3 is 34.3 Å². The molecule has 1 heterocycles. The molecular weight excluding hydrogens is 392 g/mol. The van der Waals surface area contributed by atoms with Crippen LogP contribution in [0.2, 0.25) is 0 Å². The normalized spacial score (nSPS) is 12.1. The van der Waals surface area contributed by atoms with Gasteiger partial charge in [0.05, 0.1) is 14.2 Å². The molecule has 3 aromatic rings. The van der Waals surface area contributed by atoms with Gasteiger partial charge in [0.2, 0.25) is 16.9 Å². The second-order valence-electron chi connectivity index (χ2n) is 7.11. The molecule has 3 rings (SSSR count). The quantitative estimate of drug-likeness (QED) is 0.462. The zero-order chi connectivity index (χ0) is 22.0. The second kappa shape index (κ2) is 8.54. The zero-order valence-corrected chi connectivity index (χ0v) is 16.9. The van der Waals surface area contributed by atoms with Crippen LogP contribution < -0.4 is 14.9 Å². The lowest BCUT2D eigenvalue weighted by Gasteiger charge is -2.14. The number of phenols is 2. The second-order valence-corrected chi connectivity index (χ2v) is 7.11. The summed E-state index contributed by atoms with van der Waals surface area (Å²) in [5, 5.41) is 40.0. The summed E-state index contributed by atoms with van der Waals surface area (Å²) < 4.78 is 16.0. The fourth-order valence-electron chi connectivity index (χ4n) is 3.29. The van der Waals surface area contributed by atoms with Crippen LogP contribution in [0.1, 0.15) is 18.9 Å². The predicted octanol–water partition coefficient (Wildman–Crippen LogP) is 3.16. The van der Waals surface area contributed by atoms with Crippen molar-refractivity contribution < 1.29 is 34.3 Å². The number of rotatable bonds is 7. The standard InChI is InChI=1S/C22H24O8/c1-11(10-23)4-5-12-8-13(6-7-14(12)24)20-19(27)18(26)17-16(30-20)9-15(25)21(28-2)22(17)29-3/h6-9,11,23-25,27H,4-5,10H2,1-3H3/t11-/m0/s1. The molecule has 0 saturated heterocycles. The van der Waals surface area contributed by atoms with Gasteiger partial charge in [-0.2, -0.15) is 0 Å². The Bertz CT molecular complexity index is 1130. The number of methoxy groups -OCH3 is 2. The third-order valence-electron chi connectivity index (χ3n) is 5.02. The molecule has 0 aliphatic heterocycles. The van der Waals surface area contributed by atoms with E-state index in [1.54, 1.807) is 6.07 Å². The number of ether oxygens (including phenoxy) is 2. The van der Waals surface area contributed by atoms with Gasteiger partial charge in [0.15, 0.2) is 17.3 Å². The van der Waals surface area contributed by atoms with Crippen molar-refractivity contribution in [2.75, 3.05) is 20.8 Å². The van der Waals surface area contributed by atoms with E-state index in [0.717, 1.165) is 0 Å². The van der Waals surface area contributed by atoms with E-state index in [-0.39, 0.29) is 52.3 Å². The minimum atomic E-state index is -0.745. The van der Waals surface area contributed by atoms with Crippen LogP contribution >= 0.6 is 0 Å². The first-order chi connectivity index (χ1) is 14.3. The summed E-state index contributed by atoms with van der Waals surface area (Å²) in [5.74, 6) is -0.988.